The van der Waals surface area contributed by atoms with Crippen LogP contribution in [-0.2, 0) is 6.42 Å². The van der Waals surface area contributed by atoms with Crippen LogP contribution in [0.15, 0.2) is 36.5 Å². The van der Waals surface area contributed by atoms with E-state index in [9.17, 15) is 4.39 Å². The second-order valence-corrected chi connectivity index (χ2v) is 4.51. The van der Waals surface area contributed by atoms with E-state index in [1.54, 1.807) is 12.3 Å². The standard InChI is InChI=1S/C14H17FN4/c1-9-6-11(15)2-3-12(9)13(19-17)7-10-4-5-18-14(16)8-10/h2-6,8,13,19H,7,17H2,1H3,(H2,16,18). The maximum atomic E-state index is 13.1. The van der Waals surface area contributed by atoms with Crippen LogP contribution in [0.2, 0.25) is 0 Å². The van der Waals surface area contributed by atoms with Gasteiger partial charge in [-0.1, -0.05) is 6.07 Å². The van der Waals surface area contributed by atoms with Crippen LogP contribution in [-0.4, -0.2) is 4.98 Å². The Bertz CT molecular complexity index is 571. The Labute approximate surface area is 111 Å². The zero-order chi connectivity index (χ0) is 13.8. The first kappa shape index (κ1) is 13.5. The fraction of sp³-hybridized carbons (Fsp3) is 0.214. The number of halogens is 1. The van der Waals surface area contributed by atoms with Crippen molar-refractivity contribution < 1.29 is 4.39 Å². The van der Waals surface area contributed by atoms with Gasteiger partial charge in [-0.25, -0.2) is 9.37 Å². The van der Waals surface area contributed by atoms with Gasteiger partial charge in [-0.15, -0.1) is 0 Å². The average molecular weight is 260 g/mol. The lowest BCUT2D eigenvalue weighted by atomic mass is 9.96. The van der Waals surface area contributed by atoms with Crippen molar-refractivity contribution in [2.75, 3.05) is 5.73 Å². The average Bonchev–Trinajstić information content (AvgIpc) is 2.37. The summed E-state index contributed by atoms with van der Waals surface area (Å²) in [5.41, 5.74) is 11.3. The van der Waals surface area contributed by atoms with Crippen LogP contribution in [0.4, 0.5) is 10.2 Å². The molecule has 1 heterocycles. The molecule has 0 spiro atoms. The molecule has 0 saturated carbocycles. The normalized spacial score (nSPS) is 12.4. The van der Waals surface area contributed by atoms with Crippen molar-refractivity contribution in [3.63, 3.8) is 0 Å². The number of pyridine rings is 1. The van der Waals surface area contributed by atoms with Crippen LogP contribution in [0.25, 0.3) is 0 Å². The predicted molar refractivity (Wildman–Crippen MR) is 73.6 cm³/mol. The van der Waals surface area contributed by atoms with E-state index in [-0.39, 0.29) is 11.9 Å². The smallest absolute Gasteiger partial charge is 0.123 e. The van der Waals surface area contributed by atoms with Crippen molar-refractivity contribution in [2.45, 2.75) is 19.4 Å². The Balaban J connectivity index is 2.25. The number of hydrogen-bond acceptors (Lipinski definition) is 4. The van der Waals surface area contributed by atoms with Gasteiger partial charge in [0.05, 0.1) is 6.04 Å². The lowest BCUT2D eigenvalue weighted by molar-refractivity contribution is 0.546. The number of nitrogens with one attached hydrogen (secondary N) is 1. The summed E-state index contributed by atoms with van der Waals surface area (Å²) in [6, 6.07) is 8.29. The second-order valence-electron chi connectivity index (χ2n) is 4.51. The van der Waals surface area contributed by atoms with Gasteiger partial charge in [0, 0.05) is 6.20 Å². The van der Waals surface area contributed by atoms with Crippen molar-refractivity contribution in [1.82, 2.24) is 10.4 Å². The molecule has 4 nitrogen and oxygen atoms in total. The third kappa shape index (κ3) is 3.27. The number of hydrazine groups is 1. The minimum atomic E-state index is -0.245. The van der Waals surface area contributed by atoms with E-state index in [1.807, 2.05) is 19.1 Å². The lowest BCUT2D eigenvalue weighted by Gasteiger charge is -2.18. The highest BCUT2D eigenvalue weighted by Crippen LogP contribution is 2.22. The van der Waals surface area contributed by atoms with E-state index >= 15 is 0 Å². The maximum absolute atomic E-state index is 13.1. The molecule has 100 valence electrons. The van der Waals surface area contributed by atoms with Gasteiger partial charge < -0.3 is 5.73 Å². The number of nitrogens with two attached hydrogens (primary N) is 2. The molecular formula is C14H17FN4. The fourth-order valence-corrected chi connectivity index (χ4v) is 2.15. The summed E-state index contributed by atoms with van der Waals surface area (Å²) >= 11 is 0. The highest BCUT2D eigenvalue weighted by atomic mass is 19.1. The summed E-state index contributed by atoms with van der Waals surface area (Å²) in [5.74, 6) is 5.84. The summed E-state index contributed by atoms with van der Waals surface area (Å²) < 4.78 is 13.1. The van der Waals surface area contributed by atoms with Crippen molar-refractivity contribution in [2.24, 2.45) is 5.84 Å². The maximum Gasteiger partial charge on any atom is 0.123 e. The summed E-state index contributed by atoms with van der Waals surface area (Å²) in [7, 11) is 0. The number of nitrogens with zero attached hydrogens (tertiary/aromatic N) is 1. The van der Waals surface area contributed by atoms with Gasteiger partial charge in [0.25, 0.3) is 0 Å². The molecule has 0 aliphatic heterocycles. The van der Waals surface area contributed by atoms with E-state index in [0.717, 1.165) is 16.7 Å². The molecule has 0 fully saturated rings. The van der Waals surface area contributed by atoms with E-state index in [1.165, 1.54) is 12.1 Å². The summed E-state index contributed by atoms with van der Waals surface area (Å²) in [6.07, 6.45) is 2.32. The molecule has 5 heteroatoms. The molecule has 5 N–H and O–H groups in total. The molecule has 0 bridgehead atoms. The van der Waals surface area contributed by atoms with Gasteiger partial charge in [0.2, 0.25) is 0 Å². The SMILES string of the molecule is Cc1cc(F)ccc1C(Cc1ccnc(N)c1)NN. The molecule has 0 aliphatic carbocycles. The van der Waals surface area contributed by atoms with Crippen molar-refractivity contribution in [1.29, 1.82) is 0 Å². The zero-order valence-electron chi connectivity index (χ0n) is 10.7. The third-order valence-corrected chi connectivity index (χ3v) is 3.09. The molecule has 0 amide bonds. The molecule has 1 aromatic heterocycles. The first-order chi connectivity index (χ1) is 9.10. The number of hydrogen-bond donors (Lipinski definition) is 3. The number of aromatic nitrogens is 1. The number of nitrogen functional groups attached to an aromatic ring is 1. The molecule has 2 aromatic rings. The fourth-order valence-electron chi connectivity index (χ4n) is 2.15. The Kier molecular flexibility index (Phi) is 4.09. The molecule has 0 aliphatic rings. The minimum Gasteiger partial charge on any atom is -0.384 e. The van der Waals surface area contributed by atoms with Crippen LogP contribution in [0, 0.1) is 12.7 Å². The van der Waals surface area contributed by atoms with Crippen LogP contribution in [0.1, 0.15) is 22.7 Å². The van der Waals surface area contributed by atoms with Gasteiger partial charge in [0.1, 0.15) is 11.6 Å². The molecule has 0 saturated heterocycles. The first-order valence-corrected chi connectivity index (χ1v) is 6.02. The molecule has 2 rings (SSSR count). The highest BCUT2D eigenvalue weighted by Gasteiger charge is 2.13. The Morgan fingerprint density at radius 1 is 1.32 bits per heavy atom. The number of benzene rings is 1. The van der Waals surface area contributed by atoms with Crippen molar-refractivity contribution in [3.05, 3.63) is 59.0 Å². The number of aryl methyl sites for hydroxylation is 1. The van der Waals surface area contributed by atoms with Crippen LogP contribution in [0.5, 0.6) is 0 Å². The van der Waals surface area contributed by atoms with Gasteiger partial charge in [0.15, 0.2) is 0 Å². The van der Waals surface area contributed by atoms with Gasteiger partial charge in [-0.2, -0.15) is 0 Å². The van der Waals surface area contributed by atoms with E-state index in [0.29, 0.717) is 12.2 Å². The number of rotatable bonds is 4. The van der Waals surface area contributed by atoms with E-state index in [2.05, 4.69) is 10.4 Å². The molecule has 19 heavy (non-hydrogen) atoms. The summed E-state index contributed by atoms with van der Waals surface area (Å²) in [4.78, 5) is 3.95. The van der Waals surface area contributed by atoms with E-state index < -0.39 is 0 Å². The van der Waals surface area contributed by atoms with Crippen LogP contribution < -0.4 is 17.0 Å². The Hall–Kier alpha value is -1.98. The largest absolute Gasteiger partial charge is 0.384 e. The molecule has 1 aromatic carbocycles. The van der Waals surface area contributed by atoms with Gasteiger partial charge >= 0.3 is 0 Å². The highest BCUT2D eigenvalue weighted by molar-refractivity contribution is 5.35. The molecule has 1 unspecified atom stereocenters. The summed E-state index contributed by atoms with van der Waals surface area (Å²) in [6.45, 7) is 1.86. The molecule has 1 atom stereocenters. The third-order valence-electron chi connectivity index (χ3n) is 3.09. The quantitative estimate of drug-likeness (QED) is 0.579. The van der Waals surface area contributed by atoms with Crippen LogP contribution in [0.3, 0.4) is 0 Å². The minimum absolute atomic E-state index is 0.0950. The summed E-state index contributed by atoms with van der Waals surface area (Å²) in [5, 5.41) is 0. The van der Waals surface area contributed by atoms with E-state index in [4.69, 9.17) is 11.6 Å². The number of anilines is 1. The lowest BCUT2D eigenvalue weighted by Crippen LogP contribution is -2.30. The molecule has 0 radical (unpaired) electrons. The first-order valence-electron chi connectivity index (χ1n) is 6.02. The topological polar surface area (TPSA) is 77.0 Å². The monoisotopic (exact) mass is 260 g/mol. The van der Waals surface area contributed by atoms with Gasteiger partial charge in [-0.3, -0.25) is 11.3 Å². The Morgan fingerprint density at radius 2 is 2.11 bits per heavy atom. The van der Waals surface area contributed by atoms with Gasteiger partial charge in [-0.05, 0) is 54.3 Å². The second kappa shape index (κ2) is 5.77. The predicted octanol–water partition coefficient (Wildman–Crippen LogP) is 1.86. The van der Waals surface area contributed by atoms with Crippen molar-refractivity contribution >= 4 is 5.82 Å². The van der Waals surface area contributed by atoms with Crippen LogP contribution >= 0.6 is 0 Å². The Morgan fingerprint density at radius 3 is 2.74 bits per heavy atom. The zero-order valence-corrected chi connectivity index (χ0v) is 10.7. The molecular weight excluding hydrogens is 243 g/mol. The van der Waals surface area contributed by atoms with Crippen molar-refractivity contribution in [3.8, 4) is 0 Å².